The molecule has 0 aliphatic rings. The molecule has 0 aromatic heterocycles. The largest absolute Gasteiger partial charge is 0.409 e. The molecule has 21 heavy (non-hydrogen) atoms. The summed E-state index contributed by atoms with van der Waals surface area (Å²) in [4.78, 5) is 2.15. The van der Waals surface area contributed by atoms with Crippen molar-refractivity contribution in [1.29, 1.82) is 0 Å². The van der Waals surface area contributed by atoms with Crippen LogP contribution in [0.5, 0.6) is 0 Å². The minimum absolute atomic E-state index is 0.101. The molecule has 0 bridgehead atoms. The van der Waals surface area contributed by atoms with Crippen molar-refractivity contribution in [2.24, 2.45) is 10.9 Å². The summed E-state index contributed by atoms with van der Waals surface area (Å²) in [5.74, 6) is 0.101. The molecule has 3 N–H and O–H groups in total. The molecule has 0 aliphatic heterocycles. The molecule has 2 aromatic rings. The van der Waals surface area contributed by atoms with Gasteiger partial charge in [0.2, 0.25) is 0 Å². The lowest BCUT2D eigenvalue weighted by Crippen LogP contribution is -2.18. The van der Waals surface area contributed by atoms with Gasteiger partial charge >= 0.3 is 0 Å². The lowest BCUT2D eigenvalue weighted by molar-refractivity contribution is 0.318. The fourth-order valence-electron chi connectivity index (χ4n) is 2.20. The number of rotatable bonds is 4. The summed E-state index contributed by atoms with van der Waals surface area (Å²) < 4.78 is 0.904. The van der Waals surface area contributed by atoms with Gasteiger partial charge in [0, 0.05) is 23.6 Å². The van der Waals surface area contributed by atoms with Crippen molar-refractivity contribution in [2.45, 2.75) is 13.5 Å². The number of oxime groups is 1. The van der Waals surface area contributed by atoms with Crippen LogP contribution in [-0.2, 0) is 6.54 Å². The van der Waals surface area contributed by atoms with Crippen LogP contribution in [-0.4, -0.2) is 18.1 Å². The highest BCUT2D eigenvalue weighted by Crippen LogP contribution is 2.27. The van der Waals surface area contributed by atoms with Crippen LogP contribution < -0.4 is 10.6 Å². The monoisotopic (exact) mass is 347 g/mol. The first-order valence-corrected chi connectivity index (χ1v) is 7.34. The fraction of sp³-hybridized carbons (Fsp3) is 0.188. The van der Waals surface area contributed by atoms with Crippen molar-refractivity contribution in [3.63, 3.8) is 0 Å². The first kappa shape index (κ1) is 15.4. The molecule has 2 rings (SSSR count). The van der Waals surface area contributed by atoms with E-state index in [0.717, 1.165) is 16.7 Å². The van der Waals surface area contributed by atoms with E-state index in [2.05, 4.69) is 57.2 Å². The fourth-order valence-corrected chi connectivity index (χ4v) is 2.88. The maximum Gasteiger partial charge on any atom is 0.170 e. The number of anilines is 1. The molecule has 0 unspecified atom stereocenters. The first-order valence-electron chi connectivity index (χ1n) is 6.55. The molecule has 0 saturated carbocycles. The van der Waals surface area contributed by atoms with Crippen LogP contribution in [0.1, 0.15) is 16.7 Å². The molecule has 0 fully saturated rings. The lowest BCUT2D eigenvalue weighted by Gasteiger charge is -2.21. The molecule has 0 spiro atoms. The molecule has 0 saturated heterocycles. The highest BCUT2D eigenvalue weighted by molar-refractivity contribution is 9.10. The highest BCUT2D eigenvalue weighted by atomic mass is 79.9. The van der Waals surface area contributed by atoms with E-state index >= 15 is 0 Å². The Morgan fingerprint density at radius 2 is 2.05 bits per heavy atom. The van der Waals surface area contributed by atoms with Crippen molar-refractivity contribution in [1.82, 2.24) is 0 Å². The third-order valence-electron chi connectivity index (χ3n) is 3.26. The molecule has 0 heterocycles. The molecule has 0 amide bonds. The summed E-state index contributed by atoms with van der Waals surface area (Å²) in [5.41, 5.74) is 9.83. The second-order valence-corrected chi connectivity index (χ2v) is 5.85. The van der Waals surface area contributed by atoms with Gasteiger partial charge in [-0.3, -0.25) is 0 Å². The van der Waals surface area contributed by atoms with Gasteiger partial charge in [-0.05, 0) is 46.6 Å². The number of aryl methyl sites for hydroxylation is 1. The molecule has 0 atom stereocenters. The predicted octanol–water partition coefficient (Wildman–Crippen LogP) is 3.49. The number of benzene rings is 2. The van der Waals surface area contributed by atoms with Gasteiger partial charge in [-0.15, -0.1) is 0 Å². The number of halogens is 1. The summed E-state index contributed by atoms with van der Waals surface area (Å²) >= 11 is 3.54. The van der Waals surface area contributed by atoms with Crippen LogP contribution in [0.2, 0.25) is 0 Å². The first-order chi connectivity index (χ1) is 10.0. The van der Waals surface area contributed by atoms with Gasteiger partial charge in [-0.1, -0.05) is 35.0 Å². The number of hydrogen-bond acceptors (Lipinski definition) is 3. The zero-order valence-corrected chi connectivity index (χ0v) is 13.6. The maximum atomic E-state index is 8.72. The van der Waals surface area contributed by atoms with Crippen molar-refractivity contribution >= 4 is 27.5 Å². The van der Waals surface area contributed by atoms with Gasteiger partial charge in [-0.2, -0.15) is 0 Å². The van der Waals surface area contributed by atoms with Crippen LogP contribution in [0, 0.1) is 6.92 Å². The van der Waals surface area contributed by atoms with Gasteiger partial charge < -0.3 is 15.8 Å². The zero-order chi connectivity index (χ0) is 15.4. The molecule has 2 aromatic carbocycles. The SMILES string of the molecule is Cc1cccc(CN(C)c2ccc(/C(N)=N/O)cc2Br)c1. The Labute approximate surface area is 133 Å². The van der Waals surface area contributed by atoms with Gasteiger partial charge in [0.1, 0.15) is 0 Å². The van der Waals surface area contributed by atoms with Crippen LogP contribution in [0.4, 0.5) is 5.69 Å². The van der Waals surface area contributed by atoms with Crippen LogP contribution in [0.25, 0.3) is 0 Å². The van der Waals surface area contributed by atoms with Crippen molar-refractivity contribution < 1.29 is 5.21 Å². The Bertz CT molecular complexity index is 670. The van der Waals surface area contributed by atoms with Crippen LogP contribution >= 0.6 is 15.9 Å². The molecular formula is C16H18BrN3O. The van der Waals surface area contributed by atoms with E-state index in [0.29, 0.717) is 5.56 Å². The van der Waals surface area contributed by atoms with E-state index in [1.807, 2.05) is 25.2 Å². The Morgan fingerprint density at radius 1 is 1.29 bits per heavy atom. The van der Waals surface area contributed by atoms with E-state index in [1.54, 1.807) is 0 Å². The molecule has 110 valence electrons. The summed E-state index contributed by atoms with van der Waals surface area (Å²) in [6.07, 6.45) is 0. The smallest absolute Gasteiger partial charge is 0.170 e. The van der Waals surface area contributed by atoms with E-state index < -0.39 is 0 Å². The summed E-state index contributed by atoms with van der Waals surface area (Å²) in [6, 6.07) is 14.1. The Hall–Kier alpha value is -2.01. The van der Waals surface area contributed by atoms with Gasteiger partial charge in [-0.25, -0.2) is 0 Å². The van der Waals surface area contributed by atoms with E-state index in [9.17, 15) is 0 Å². The van der Waals surface area contributed by atoms with Gasteiger partial charge in [0.25, 0.3) is 0 Å². The Kier molecular flexibility index (Phi) is 4.85. The molecule has 5 heteroatoms. The van der Waals surface area contributed by atoms with Gasteiger partial charge in [0.15, 0.2) is 5.84 Å². The van der Waals surface area contributed by atoms with E-state index in [1.165, 1.54) is 11.1 Å². The van der Waals surface area contributed by atoms with E-state index in [4.69, 9.17) is 10.9 Å². The van der Waals surface area contributed by atoms with Crippen LogP contribution in [0.3, 0.4) is 0 Å². The zero-order valence-electron chi connectivity index (χ0n) is 12.0. The third kappa shape index (κ3) is 3.76. The number of nitrogens with two attached hydrogens (primary N) is 1. The van der Waals surface area contributed by atoms with Crippen molar-refractivity contribution in [2.75, 3.05) is 11.9 Å². The summed E-state index contributed by atoms with van der Waals surface area (Å²) in [6.45, 7) is 2.90. The van der Waals surface area contributed by atoms with E-state index in [-0.39, 0.29) is 5.84 Å². The van der Waals surface area contributed by atoms with Crippen molar-refractivity contribution in [3.8, 4) is 0 Å². The molecule has 4 nitrogen and oxygen atoms in total. The molecule has 0 aliphatic carbocycles. The number of hydrogen-bond donors (Lipinski definition) is 2. The topological polar surface area (TPSA) is 61.8 Å². The standard InChI is InChI=1S/C16H18BrN3O/c1-11-4-3-5-12(8-11)10-20(2)15-7-6-13(9-14(15)17)16(18)19-21/h3-9,21H,10H2,1-2H3,(H2,18,19). The minimum atomic E-state index is 0.101. The Balaban J connectivity index is 2.21. The number of nitrogens with zero attached hydrogens (tertiary/aromatic N) is 2. The average molecular weight is 348 g/mol. The summed E-state index contributed by atoms with van der Waals surface area (Å²) in [5, 5.41) is 11.7. The third-order valence-corrected chi connectivity index (χ3v) is 3.90. The molecule has 0 radical (unpaired) electrons. The van der Waals surface area contributed by atoms with Crippen molar-refractivity contribution in [3.05, 3.63) is 63.6 Å². The predicted molar refractivity (Wildman–Crippen MR) is 89.9 cm³/mol. The second kappa shape index (κ2) is 6.63. The minimum Gasteiger partial charge on any atom is -0.409 e. The summed E-state index contributed by atoms with van der Waals surface area (Å²) in [7, 11) is 2.03. The lowest BCUT2D eigenvalue weighted by atomic mass is 10.1. The quantitative estimate of drug-likeness (QED) is 0.385. The van der Waals surface area contributed by atoms with Gasteiger partial charge in [0.05, 0.1) is 5.69 Å². The normalized spacial score (nSPS) is 11.5. The Morgan fingerprint density at radius 3 is 2.67 bits per heavy atom. The number of amidine groups is 1. The van der Waals surface area contributed by atoms with Crippen LogP contribution in [0.15, 0.2) is 52.1 Å². The molecular weight excluding hydrogens is 330 g/mol. The average Bonchev–Trinajstić information content (AvgIpc) is 2.46. The highest BCUT2D eigenvalue weighted by Gasteiger charge is 2.09. The maximum absolute atomic E-state index is 8.72. The second-order valence-electron chi connectivity index (χ2n) is 5.00.